The van der Waals surface area contributed by atoms with Gasteiger partial charge in [0.2, 0.25) is 0 Å². The predicted octanol–water partition coefficient (Wildman–Crippen LogP) is 13.9. The standard InChI is InChI=1S/C44H27NS2/c1-3-12-33-28(9-1)11-7-15-34(33)30-19-22-31(23-20-30)45(39-16-8-18-41-43(39)38-14-5-6-17-40(38)46-41)32-24-26-36-37-25-21-29-10-2-4-13-35(29)44(37)47-42(36)27-32/h1-27H. The number of hydrogen-bond acceptors (Lipinski definition) is 3. The fourth-order valence-corrected chi connectivity index (χ4v) is 9.67. The van der Waals surface area contributed by atoms with Crippen molar-refractivity contribution in [3.8, 4) is 11.1 Å². The van der Waals surface area contributed by atoms with Crippen molar-refractivity contribution in [2.75, 3.05) is 4.90 Å². The van der Waals surface area contributed by atoms with Gasteiger partial charge in [0, 0.05) is 51.7 Å². The highest BCUT2D eigenvalue weighted by Gasteiger charge is 2.20. The molecular weight excluding hydrogens is 607 g/mol. The number of fused-ring (bicyclic) bond motifs is 9. The quantitative estimate of drug-likeness (QED) is 0.186. The fraction of sp³-hybridized carbons (Fsp3) is 0. The molecule has 0 unspecified atom stereocenters. The molecule has 0 aliphatic rings. The smallest absolute Gasteiger partial charge is 0.0554 e. The number of anilines is 3. The van der Waals surface area contributed by atoms with Gasteiger partial charge in [-0.1, -0.05) is 121 Å². The third-order valence-corrected chi connectivity index (χ3v) is 11.8. The maximum Gasteiger partial charge on any atom is 0.0554 e. The van der Waals surface area contributed by atoms with Crippen LogP contribution >= 0.6 is 22.7 Å². The van der Waals surface area contributed by atoms with E-state index in [0.29, 0.717) is 0 Å². The Morgan fingerprint density at radius 3 is 1.91 bits per heavy atom. The Balaban J connectivity index is 1.20. The van der Waals surface area contributed by atoms with E-state index in [-0.39, 0.29) is 0 Å². The molecule has 0 saturated heterocycles. The summed E-state index contributed by atoms with van der Waals surface area (Å²) in [5.41, 5.74) is 5.98. The minimum Gasteiger partial charge on any atom is -0.310 e. The molecule has 0 aliphatic heterocycles. The zero-order valence-corrected chi connectivity index (χ0v) is 27.0. The topological polar surface area (TPSA) is 3.24 Å². The normalized spacial score (nSPS) is 11.8. The summed E-state index contributed by atoms with van der Waals surface area (Å²) in [6.07, 6.45) is 0. The lowest BCUT2D eigenvalue weighted by Crippen LogP contribution is -2.10. The van der Waals surface area contributed by atoms with Crippen LogP contribution in [0.4, 0.5) is 17.1 Å². The van der Waals surface area contributed by atoms with E-state index in [1.807, 2.05) is 22.7 Å². The Morgan fingerprint density at radius 2 is 1.04 bits per heavy atom. The molecule has 2 aromatic heterocycles. The van der Waals surface area contributed by atoms with Crippen LogP contribution < -0.4 is 4.90 Å². The third-order valence-electron chi connectivity index (χ3n) is 9.45. The number of benzene rings is 8. The molecule has 0 spiro atoms. The molecule has 10 aromatic rings. The van der Waals surface area contributed by atoms with E-state index in [9.17, 15) is 0 Å². The third kappa shape index (κ3) is 4.21. The summed E-state index contributed by atoms with van der Waals surface area (Å²) in [6.45, 7) is 0. The van der Waals surface area contributed by atoms with E-state index in [1.54, 1.807) is 0 Å². The summed E-state index contributed by atoms with van der Waals surface area (Å²) in [7, 11) is 0. The van der Waals surface area contributed by atoms with Gasteiger partial charge in [-0.05, 0) is 75.1 Å². The van der Waals surface area contributed by atoms with Gasteiger partial charge >= 0.3 is 0 Å². The highest BCUT2D eigenvalue weighted by atomic mass is 32.1. The van der Waals surface area contributed by atoms with E-state index in [1.165, 1.54) is 78.7 Å². The zero-order valence-electron chi connectivity index (χ0n) is 25.4. The van der Waals surface area contributed by atoms with Crippen LogP contribution in [0.2, 0.25) is 0 Å². The Bertz CT molecular complexity index is 2800. The minimum absolute atomic E-state index is 1.14. The van der Waals surface area contributed by atoms with E-state index in [0.717, 1.165) is 11.4 Å². The molecule has 0 N–H and O–H groups in total. The van der Waals surface area contributed by atoms with Crippen LogP contribution in [0.3, 0.4) is 0 Å². The molecule has 220 valence electrons. The Labute approximate surface area is 280 Å². The molecule has 3 heteroatoms. The monoisotopic (exact) mass is 633 g/mol. The van der Waals surface area contributed by atoms with Gasteiger partial charge in [0.25, 0.3) is 0 Å². The molecule has 0 radical (unpaired) electrons. The van der Waals surface area contributed by atoms with Crippen LogP contribution in [0.1, 0.15) is 0 Å². The van der Waals surface area contributed by atoms with Crippen molar-refractivity contribution in [2.45, 2.75) is 0 Å². The van der Waals surface area contributed by atoms with Crippen molar-refractivity contribution in [3.63, 3.8) is 0 Å². The molecule has 1 nitrogen and oxygen atoms in total. The fourth-order valence-electron chi connectivity index (χ4n) is 7.27. The van der Waals surface area contributed by atoms with Crippen molar-refractivity contribution >= 4 is 102 Å². The molecule has 2 heterocycles. The first-order chi connectivity index (χ1) is 23.3. The molecule has 0 bridgehead atoms. The van der Waals surface area contributed by atoms with Crippen LogP contribution in [0.15, 0.2) is 164 Å². The number of rotatable bonds is 4. The highest BCUT2D eigenvalue weighted by molar-refractivity contribution is 7.27. The highest BCUT2D eigenvalue weighted by Crippen LogP contribution is 2.47. The molecule has 0 atom stereocenters. The van der Waals surface area contributed by atoms with E-state index in [4.69, 9.17) is 0 Å². The van der Waals surface area contributed by atoms with Crippen LogP contribution in [0.25, 0.3) is 73.0 Å². The Kier molecular flexibility index (Phi) is 5.98. The number of nitrogens with zero attached hydrogens (tertiary/aromatic N) is 1. The van der Waals surface area contributed by atoms with Gasteiger partial charge in [0.1, 0.15) is 0 Å². The van der Waals surface area contributed by atoms with Gasteiger partial charge in [-0.15, -0.1) is 22.7 Å². The lowest BCUT2D eigenvalue weighted by molar-refractivity contribution is 1.31. The van der Waals surface area contributed by atoms with Gasteiger partial charge in [-0.3, -0.25) is 0 Å². The average Bonchev–Trinajstić information content (AvgIpc) is 3.71. The molecular formula is C44H27NS2. The van der Waals surface area contributed by atoms with E-state index < -0.39 is 0 Å². The number of hydrogen-bond donors (Lipinski definition) is 0. The van der Waals surface area contributed by atoms with Crippen molar-refractivity contribution in [2.24, 2.45) is 0 Å². The lowest BCUT2D eigenvalue weighted by atomic mass is 9.98. The summed E-state index contributed by atoms with van der Waals surface area (Å²) in [5, 5.41) is 10.4. The summed E-state index contributed by atoms with van der Waals surface area (Å²) in [6, 6.07) is 60.2. The van der Waals surface area contributed by atoms with Gasteiger partial charge in [-0.2, -0.15) is 0 Å². The first-order valence-electron chi connectivity index (χ1n) is 15.9. The molecule has 0 fully saturated rings. The Morgan fingerprint density at radius 1 is 0.383 bits per heavy atom. The van der Waals surface area contributed by atoms with E-state index >= 15 is 0 Å². The molecule has 0 saturated carbocycles. The van der Waals surface area contributed by atoms with Crippen molar-refractivity contribution in [3.05, 3.63) is 164 Å². The van der Waals surface area contributed by atoms with Crippen molar-refractivity contribution in [1.29, 1.82) is 0 Å². The SMILES string of the molecule is c1ccc2c(-c3ccc(N(c4ccc5c(c4)sc4c6ccccc6ccc54)c4cccc5sc6ccccc6c45)cc3)cccc2c1. The second-order valence-electron chi connectivity index (χ2n) is 12.1. The van der Waals surface area contributed by atoms with Crippen LogP contribution in [0.5, 0.6) is 0 Å². The zero-order chi connectivity index (χ0) is 30.9. The molecule has 10 rings (SSSR count). The molecule has 47 heavy (non-hydrogen) atoms. The predicted molar refractivity (Wildman–Crippen MR) is 207 cm³/mol. The summed E-state index contributed by atoms with van der Waals surface area (Å²) < 4.78 is 5.27. The average molecular weight is 634 g/mol. The van der Waals surface area contributed by atoms with Crippen molar-refractivity contribution < 1.29 is 0 Å². The summed E-state index contributed by atoms with van der Waals surface area (Å²) in [4.78, 5) is 2.45. The Hall–Kier alpha value is -5.48. The minimum atomic E-state index is 1.14. The maximum absolute atomic E-state index is 2.45. The maximum atomic E-state index is 2.45. The molecule has 8 aromatic carbocycles. The van der Waals surface area contributed by atoms with Crippen LogP contribution in [0, 0.1) is 0 Å². The first kappa shape index (κ1) is 26.7. The largest absolute Gasteiger partial charge is 0.310 e. The molecule has 0 aliphatic carbocycles. The van der Waals surface area contributed by atoms with Gasteiger partial charge in [-0.25, -0.2) is 0 Å². The lowest BCUT2D eigenvalue weighted by Gasteiger charge is -2.27. The summed E-state index contributed by atoms with van der Waals surface area (Å²) in [5.74, 6) is 0. The van der Waals surface area contributed by atoms with Crippen LogP contribution in [-0.4, -0.2) is 0 Å². The number of thiophene rings is 2. The summed E-state index contributed by atoms with van der Waals surface area (Å²) >= 11 is 3.76. The van der Waals surface area contributed by atoms with Crippen molar-refractivity contribution in [1.82, 2.24) is 0 Å². The first-order valence-corrected chi connectivity index (χ1v) is 17.6. The van der Waals surface area contributed by atoms with E-state index in [2.05, 4.69) is 169 Å². The van der Waals surface area contributed by atoms with Gasteiger partial charge < -0.3 is 4.90 Å². The van der Waals surface area contributed by atoms with Gasteiger partial charge in [0.05, 0.1) is 5.69 Å². The second-order valence-corrected chi connectivity index (χ2v) is 14.2. The van der Waals surface area contributed by atoms with Crippen LogP contribution in [-0.2, 0) is 0 Å². The second kappa shape index (κ2) is 10.5. The molecule has 0 amide bonds. The van der Waals surface area contributed by atoms with Gasteiger partial charge in [0.15, 0.2) is 0 Å².